The van der Waals surface area contributed by atoms with Crippen LogP contribution in [0.3, 0.4) is 0 Å². The number of phenolic OH excluding ortho intramolecular Hbond substituents is 1. The number of likely N-dealkylation sites (tertiary alicyclic amines) is 1. The summed E-state index contributed by atoms with van der Waals surface area (Å²) in [5, 5.41) is 12.2. The zero-order valence-corrected chi connectivity index (χ0v) is 12.6. The van der Waals surface area contributed by atoms with E-state index in [4.69, 9.17) is 5.73 Å². The largest absolute Gasteiger partial charge is 0.508 e. The summed E-state index contributed by atoms with van der Waals surface area (Å²) in [6.07, 6.45) is 2.84. The Bertz CT molecular complexity index is 461. The lowest BCUT2D eigenvalue weighted by Crippen LogP contribution is -2.45. The Labute approximate surface area is 126 Å². The molecule has 1 amide bonds. The van der Waals surface area contributed by atoms with Gasteiger partial charge in [-0.3, -0.25) is 4.79 Å². The van der Waals surface area contributed by atoms with Crippen molar-refractivity contribution in [1.82, 2.24) is 10.2 Å². The number of nitrogens with zero attached hydrogens (tertiary/aromatic N) is 1. The number of nitrogens with two attached hydrogens (primary N) is 1. The molecule has 1 heterocycles. The average Bonchev–Trinajstić information content (AvgIpc) is 2.47. The molecule has 4 N–H and O–H groups in total. The lowest BCUT2D eigenvalue weighted by Gasteiger charge is -2.30. The van der Waals surface area contributed by atoms with E-state index >= 15 is 0 Å². The minimum atomic E-state index is -0.545. The third-order valence-corrected chi connectivity index (χ3v) is 4.02. The fraction of sp³-hybridized carbons (Fsp3) is 0.562. The third-order valence-electron chi connectivity index (χ3n) is 4.02. The fourth-order valence-electron chi connectivity index (χ4n) is 2.79. The Morgan fingerprint density at radius 3 is 2.86 bits per heavy atom. The molecule has 0 radical (unpaired) electrons. The number of amides is 1. The molecule has 5 nitrogen and oxygen atoms in total. The minimum absolute atomic E-state index is 0.101. The van der Waals surface area contributed by atoms with Gasteiger partial charge in [-0.25, -0.2) is 0 Å². The molecule has 2 atom stereocenters. The number of piperidine rings is 1. The predicted molar refractivity (Wildman–Crippen MR) is 83.0 cm³/mol. The third kappa shape index (κ3) is 5.02. The average molecular weight is 291 g/mol. The van der Waals surface area contributed by atoms with Gasteiger partial charge in [0.05, 0.1) is 6.04 Å². The molecule has 0 bridgehead atoms. The van der Waals surface area contributed by atoms with Gasteiger partial charge in [0.2, 0.25) is 5.91 Å². The van der Waals surface area contributed by atoms with Crippen molar-refractivity contribution in [3.63, 3.8) is 0 Å². The summed E-state index contributed by atoms with van der Waals surface area (Å²) in [6, 6.07) is 6.25. The minimum Gasteiger partial charge on any atom is -0.508 e. The van der Waals surface area contributed by atoms with Crippen LogP contribution in [0.2, 0.25) is 0 Å². The van der Waals surface area contributed by atoms with Gasteiger partial charge in [0.1, 0.15) is 5.75 Å². The first kappa shape index (κ1) is 15.8. The Balaban J connectivity index is 1.75. The molecule has 1 saturated heterocycles. The van der Waals surface area contributed by atoms with Crippen molar-refractivity contribution in [1.29, 1.82) is 0 Å². The van der Waals surface area contributed by atoms with Gasteiger partial charge in [-0.2, -0.15) is 0 Å². The highest BCUT2D eigenvalue weighted by molar-refractivity contribution is 5.81. The van der Waals surface area contributed by atoms with Crippen LogP contribution in [0, 0.1) is 5.92 Å². The Hall–Kier alpha value is -1.59. The van der Waals surface area contributed by atoms with E-state index in [1.54, 1.807) is 24.3 Å². The first-order valence-corrected chi connectivity index (χ1v) is 7.54. The van der Waals surface area contributed by atoms with Crippen LogP contribution in [0.1, 0.15) is 18.4 Å². The van der Waals surface area contributed by atoms with Gasteiger partial charge in [-0.15, -0.1) is 0 Å². The molecular formula is C16H25N3O2. The van der Waals surface area contributed by atoms with Gasteiger partial charge >= 0.3 is 0 Å². The maximum atomic E-state index is 12.0. The highest BCUT2D eigenvalue weighted by atomic mass is 16.3. The second kappa shape index (κ2) is 7.43. The molecule has 0 spiro atoms. The summed E-state index contributed by atoms with van der Waals surface area (Å²) in [7, 11) is 2.12. The maximum absolute atomic E-state index is 12.0. The van der Waals surface area contributed by atoms with Gasteiger partial charge in [-0.05, 0) is 56.5 Å². The Morgan fingerprint density at radius 2 is 2.19 bits per heavy atom. The van der Waals surface area contributed by atoms with Crippen molar-refractivity contribution < 1.29 is 9.90 Å². The van der Waals surface area contributed by atoms with E-state index in [-0.39, 0.29) is 11.7 Å². The molecule has 1 aromatic rings. The molecule has 0 aromatic heterocycles. The lowest BCUT2D eigenvalue weighted by atomic mass is 9.98. The van der Waals surface area contributed by atoms with Crippen LogP contribution < -0.4 is 11.1 Å². The second-order valence-corrected chi connectivity index (χ2v) is 5.99. The molecule has 116 valence electrons. The van der Waals surface area contributed by atoms with Gasteiger partial charge < -0.3 is 21.1 Å². The monoisotopic (exact) mass is 291 g/mol. The molecule has 1 aliphatic rings. The first-order valence-electron chi connectivity index (χ1n) is 7.54. The first-order chi connectivity index (χ1) is 10.0. The summed E-state index contributed by atoms with van der Waals surface area (Å²) < 4.78 is 0. The van der Waals surface area contributed by atoms with Crippen LogP contribution in [0.4, 0.5) is 0 Å². The highest BCUT2D eigenvalue weighted by Gasteiger charge is 2.19. The predicted octanol–water partition coefficient (Wildman–Crippen LogP) is 0.720. The van der Waals surface area contributed by atoms with Gasteiger partial charge in [0.25, 0.3) is 0 Å². The van der Waals surface area contributed by atoms with E-state index in [1.807, 2.05) is 0 Å². The molecule has 21 heavy (non-hydrogen) atoms. The number of benzene rings is 1. The number of carbonyl (C=O) groups is 1. The Kier molecular flexibility index (Phi) is 5.59. The van der Waals surface area contributed by atoms with Crippen molar-refractivity contribution in [3.05, 3.63) is 29.8 Å². The molecule has 2 rings (SSSR count). The van der Waals surface area contributed by atoms with Crippen LogP contribution in [0.25, 0.3) is 0 Å². The quantitative estimate of drug-likeness (QED) is 0.747. The number of nitrogens with one attached hydrogen (secondary N) is 1. The summed E-state index contributed by atoms with van der Waals surface area (Å²) in [4.78, 5) is 14.3. The molecule has 1 fully saturated rings. The molecule has 1 aromatic carbocycles. The Morgan fingerprint density at radius 1 is 1.48 bits per heavy atom. The smallest absolute Gasteiger partial charge is 0.237 e. The number of hydrogen-bond acceptors (Lipinski definition) is 4. The topological polar surface area (TPSA) is 78.6 Å². The maximum Gasteiger partial charge on any atom is 0.237 e. The molecule has 0 aliphatic carbocycles. The van der Waals surface area contributed by atoms with Crippen LogP contribution in [0.5, 0.6) is 5.75 Å². The van der Waals surface area contributed by atoms with Crippen molar-refractivity contribution in [2.45, 2.75) is 25.3 Å². The SMILES string of the molecule is CN1CCCC(CNC(=O)[C@H](N)Cc2ccc(O)cc2)C1. The van der Waals surface area contributed by atoms with E-state index < -0.39 is 6.04 Å². The van der Waals surface area contributed by atoms with Gasteiger partial charge in [0.15, 0.2) is 0 Å². The molecular weight excluding hydrogens is 266 g/mol. The van der Waals surface area contributed by atoms with Crippen molar-refractivity contribution in [2.24, 2.45) is 11.7 Å². The second-order valence-electron chi connectivity index (χ2n) is 5.99. The zero-order chi connectivity index (χ0) is 15.2. The standard InChI is InChI=1S/C16H25N3O2/c1-19-8-2-3-13(11-19)10-18-16(21)15(17)9-12-4-6-14(20)7-5-12/h4-7,13,15,20H,2-3,8-11,17H2,1H3,(H,18,21)/t13?,15-/m1/s1. The molecule has 1 aliphatic heterocycles. The normalized spacial score (nSPS) is 21.0. The highest BCUT2D eigenvalue weighted by Crippen LogP contribution is 2.14. The van der Waals surface area contributed by atoms with E-state index in [1.165, 1.54) is 6.42 Å². The van der Waals surface area contributed by atoms with Crippen LogP contribution >= 0.6 is 0 Å². The van der Waals surface area contributed by atoms with E-state index in [0.717, 1.165) is 25.1 Å². The van der Waals surface area contributed by atoms with Crippen LogP contribution in [-0.2, 0) is 11.2 Å². The summed E-state index contributed by atoms with van der Waals surface area (Å²) in [6.45, 7) is 2.88. The number of hydrogen-bond donors (Lipinski definition) is 3. The van der Waals surface area contributed by atoms with E-state index in [2.05, 4.69) is 17.3 Å². The lowest BCUT2D eigenvalue weighted by molar-refractivity contribution is -0.122. The van der Waals surface area contributed by atoms with Crippen molar-refractivity contribution >= 4 is 5.91 Å². The zero-order valence-electron chi connectivity index (χ0n) is 12.6. The fourth-order valence-corrected chi connectivity index (χ4v) is 2.79. The van der Waals surface area contributed by atoms with Gasteiger partial charge in [0, 0.05) is 13.1 Å². The summed E-state index contributed by atoms with van der Waals surface area (Å²) in [5.41, 5.74) is 6.90. The summed E-state index contributed by atoms with van der Waals surface area (Å²) >= 11 is 0. The summed E-state index contributed by atoms with van der Waals surface area (Å²) in [5.74, 6) is 0.642. The molecule has 1 unspecified atom stereocenters. The van der Waals surface area contributed by atoms with E-state index in [9.17, 15) is 9.90 Å². The number of phenols is 1. The molecule has 5 heteroatoms. The number of carbonyl (C=O) groups excluding carboxylic acids is 1. The van der Waals surface area contributed by atoms with E-state index in [0.29, 0.717) is 18.9 Å². The van der Waals surface area contributed by atoms with Crippen molar-refractivity contribution in [3.8, 4) is 5.75 Å². The number of aromatic hydroxyl groups is 1. The number of rotatable bonds is 5. The van der Waals surface area contributed by atoms with Crippen LogP contribution in [0.15, 0.2) is 24.3 Å². The van der Waals surface area contributed by atoms with Crippen molar-refractivity contribution in [2.75, 3.05) is 26.7 Å². The van der Waals surface area contributed by atoms with Gasteiger partial charge in [-0.1, -0.05) is 12.1 Å². The molecule has 0 saturated carbocycles. The van der Waals surface area contributed by atoms with Crippen LogP contribution in [-0.4, -0.2) is 48.6 Å².